The van der Waals surface area contributed by atoms with Crippen LogP contribution in [0.1, 0.15) is 18.9 Å². The third-order valence-electron chi connectivity index (χ3n) is 4.76. The molecule has 0 unspecified atom stereocenters. The fourth-order valence-corrected chi connectivity index (χ4v) is 3.38. The molecule has 27 heavy (non-hydrogen) atoms. The van der Waals surface area contributed by atoms with Crippen LogP contribution in [0.2, 0.25) is 0 Å². The van der Waals surface area contributed by atoms with Crippen molar-refractivity contribution in [2.75, 3.05) is 0 Å². The van der Waals surface area contributed by atoms with Gasteiger partial charge in [0.25, 0.3) is 0 Å². The Morgan fingerprint density at radius 2 is 1.48 bits per heavy atom. The van der Waals surface area contributed by atoms with E-state index < -0.39 is 17.5 Å². The Morgan fingerprint density at radius 1 is 0.778 bits per heavy atom. The molecule has 4 heteroatoms. The molecule has 0 bridgehead atoms. The molecule has 0 spiro atoms. The van der Waals surface area contributed by atoms with Gasteiger partial charge >= 0.3 is 0 Å². The molecule has 0 aliphatic carbocycles. The van der Waals surface area contributed by atoms with Crippen molar-refractivity contribution >= 4 is 10.9 Å². The zero-order valence-corrected chi connectivity index (χ0v) is 14.8. The first-order valence-corrected chi connectivity index (χ1v) is 8.92. The van der Waals surface area contributed by atoms with Crippen molar-refractivity contribution in [3.63, 3.8) is 0 Å². The van der Waals surface area contributed by atoms with Gasteiger partial charge in [-0.15, -0.1) is 0 Å². The second kappa shape index (κ2) is 6.95. The minimum absolute atomic E-state index is 0.310. The largest absolute Gasteiger partial charge is 0.317 e. The normalized spacial score (nSPS) is 11.3. The van der Waals surface area contributed by atoms with E-state index in [-0.39, 0.29) is 0 Å². The van der Waals surface area contributed by atoms with Gasteiger partial charge in [0.05, 0.1) is 5.52 Å². The van der Waals surface area contributed by atoms with Gasteiger partial charge in [-0.25, -0.2) is 13.2 Å². The summed E-state index contributed by atoms with van der Waals surface area (Å²) < 4.78 is 42.3. The number of halogens is 3. The second-order valence-electron chi connectivity index (χ2n) is 6.63. The summed E-state index contributed by atoms with van der Waals surface area (Å²) in [4.78, 5) is 0. The number of aryl methyl sites for hydroxylation is 1. The molecule has 1 aromatic heterocycles. The third kappa shape index (κ3) is 3.23. The van der Waals surface area contributed by atoms with Gasteiger partial charge < -0.3 is 4.57 Å². The first-order valence-electron chi connectivity index (χ1n) is 8.92. The molecule has 0 atom stereocenters. The first-order chi connectivity index (χ1) is 13.1. The van der Waals surface area contributed by atoms with Gasteiger partial charge in [0, 0.05) is 17.3 Å². The standard InChI is InChI=1S/C23H18F3N/c1-2-3-15-4-7-19(8-5-15)27-11-10-17-12-16(6-9-22(17)27)18-13-20(24)23(26)21(25)14-18/h4-14H,2-3H2,1H3. The van der Waals surface area contributed by atoms with Crippen LogP contribution in [0.15, 0.2) is 66.9 Å². The molecule has 4 rings (SSSR count). The van der Waals surface area contributed by atoms with E-state index in [9.17, 15) is 13.2 Å². The van der Waals surface area contributed by atoms with Crippen LogP contribution in [0, 0.1) is 17.5 Å². The summed E-state index contributed by atoms with van der Waals surface area (Å²) in [7, 11) is 0. The van der Waals surface area contributed by atoms with E-state index >= 15 is 0 Å². The summed E-state index contributed by atoms with van der Waals surface area (Å²) in [5.41, 5.74) is 4.29. The summed E-state index contributed by atoms with van der Waals surface area (Å²) in [5, 5.41) is 0.940. The molecule has 0 amide bonds. The Labute approximate surface area is 155 Å². The van der Waals surface area contributed by atoms with Crippen molar-refractivity contribution in [2.24, 2.45) is 0 Å². The van der Waals surface area contributed by atoms with Gasteiger partial charge in [-0.05, 0) is 65.6 Å². The fraction of sp³-hybridized carbons (Fsp3) is 0.130. The van der Waals surface area contributed by atoms with Crippen LogP contribution >= 0.6 is 0 Å². The van der Waals surface area contributed by atoms with E-state index in [0.717, 1.165) is 41.6 Å². The van der Waals surface area contributed by atoms with Crippen LogP contribution in [0.5, 0.6) is 0 Å². The number of fused-ring (bicyclic) bond motifs is 1. The van der Waals surface area contributed by atoms with Crippen molar-refractivity contribution in [3.8, 4) is 16.8 Å². The lowest BCUT2D eigenvalue weighted by Gasteiger charge is -2.08. The van der Waals surface area contributed by atoms with Gasteiger partial charge in [0.2, 0.25) is 0 Å². The Bertz CT molecular complexity index is 1090. The van der Waals surface area contributed by atoms with Crippen LogP contribution in [-0.2, 0) is 6.42 Å². The molecular formula is C23H18F3N. The van der Waals surface area contributed by atoms with Crippen molar-refractivity contribution in [3.05, 3.63) is 89.9 Å². The van der Waals surface area contributed by atoms with Crippen molar-refractivity contribution in [2.45, 2.75) is 19.8 Å². The van der Waals surface area contributed by atoms with Crippen molar-refractivity contribution < 1.29 is 13.2 Å². The van der Waals surface area contributed by atoms with Crippen molar-refractivity contribution in [1.29, 1.82) is 0 Å². The highest BCUT2D eigenvalue weighted by molar-refractivity contribution is 5.87. The van der Waals surface area contributed by atoms with Gasteiger partial charge in [0.15, 0.2) is 17.5 Å². The van der Waals surface area contributed by atoms with Gasteiger partial charge in [-0.2, -0.15) is 0 Å². The Balaban J connectivity index is 1.73. The first kappa shape index (κ1) is 17.4. The lowest BCUT2D eigenvalue weighted by atomic mass is 10.0. The van der Waals surface area contributed by atoms with Crippen LogP contribution < -0.4 is 0 Å². The lowest BCUT2D eigenvalue weighted by Crippen LogP contribution is -1.93. The van der Waals surface area contributed by atoms with Gasteiger partial charge in [-0.1, -0.05) is 31.5 Å². The van der Waals surface area contributed by atoms with E-state index in [1.807, 2.05) is 24.4 Å². The second-order valence-corrected chi connectivity index (χ2v) is 6.63. The molecule has 0 N–H and O–H groups in total. The predicted octanol–water partition coefficient (Wildman–Crippen LogP) is 6.67. The maximum atomic E-state index is 13.5. The quantitative estimate of drug-likeness (QED) is 0.356. The number of hydrogen-bond acceptors (Lipinski definition) is 0. The molecule has 4 aromatic rings. The molecular weight excluding hydrogens is 347 g/mol. The van der Waals surface area contributed by atoms with E-state index in [1.54, 1.807) is 6.07 Å². The van der Waals surface area contributed by atoms with Crippen molar-refractivity contribution in [1.82, 2.24) is 4.57 Å². The van der Waals surface area contributed by atoms with E-state index in [0.29, 0.717) is 11.1 Å². The zero-order chi connectivity index (χ0) is 19.0. The van der Waals surface area contributed by atoms with E-state index in [1.165, 1.54) is 5.56 Å². The molecule has 0 saturated carbocycles. The van der Waals surface area contributed by atoms with Crippen LogP contribution in [-0.4, -0.2) is 4.57 Å². The maximum absolute atomic E-state index is 13.5. The molecule has 0 radical (unpaired) electrons. The highest BCUT2D eigenvalue weighted by Crippen LogP contribution is 2.29. The Kier molecular flexibility index (Phi) is 4.48. The fourth-order valence-electron chi connectivity index (χ4n) is 3.38. The highest BCUT2D eigenvalue weighted by atomic mass is 19.2. The number of benzene rings is 3. The summed E-state index contributed by atoms with van der Waals surface area (Å²) in [5.74, 6) is -3.82. The Morgan fingerprint density at radius 3 is 2.15 bits per heavy atom. The van der Waals surface area contributed by atoms with Crippen LogP contribution in [0.25, 0.3) is 27.7 Å². The minimum Gasteiger partial charge on any atom is -0.317 e. The summed E-state index contributed by atoms with van der Waals surface area (Å²) in [6, 6.07) is 18.0. The van der Waals surface area contributed by atoms with Gasteiger partial charge in [-0.3, -0.25) is 0 Å². The van der Waals surface area contributed by atoms with E-state index in [4.69, 9.17) is 0 Å². The Hall–Kier alpha value is -3.01. The molecule has 1 heterocycles. The monoisotopic (exact) mass is 365 g/mol. The summed E-state index contributed by atoms with van der Waals surface area (Å²) >= 11 is 0. The summed E-state index contributed by atoms with van der Waals surface area (Å²) in [6.45, 7) is 2.16. The highest BCUT2D eigenvalue weighted by Gasteiger charge is 2.12. The molecule has 1 nitrogen and oxygen atoms in total. The zero-order valence-electron chi connectivity index (χ0n) is 14.8. The van der Waals surface area contributed by atoms with E-state index in [2.05, 4.69) is 35.8 Å². The molecule has 136 valence electrons. The molecule has 0 fully saturated rings. The van der Waals surface area contributed by atoms with Crippen LogP contribution in [0.4, 0.5) is 13.2 Å². The number of rotatable bonds is 4. The SMILES string of the molecule is CCCc1ccc(-n2ccc3cc(-c4cc(F)c(F)c(F)c4)ccc32)cc1. The summed E-state index contributed by atoms with van der Waals surface area (Å²) in [6.07, 6.45) is 4.13. The number of hydrogen-bond donors (Lipinski definition) is 0. The third-order valence-corrected chi connectivity index (χ3v) is 4.76. The molecule has 0 saturated heterocycles. The molecule has 3 aromatic carbocycles. The minimum atomic E-state index is -1.45. The molecule has 0 aliphatic heterocycles. The maximum Gasteiger partial charge on any atom is 0.194 e. The smallest absolute Gasteiger partial charge is 0.194 e. The lowest BCUT2D eigenvalue weighted by molar-refractivity contribution is 0.448. The average Bonchev–Trinajstić information content (AvgIpc) is 3.10. The number of aromatic nitrogens is 1. The molecule has 0 aliphatic rings. The van der Waals surface area contributed by atoms with Gasteiger partial charge in [0.1, 0.15) is 0 Å². The topological polar surface area (TPSA) is 4.93 Å². The number of nitrogens with zero attached hydrogens (tertiary/aromatic N) is 1. The average molecular weight is 365 g/mol. The van der Waals surface area contributed by atoms with Crippen LogP contribution in [0.3, 0.4) is 0 Å². The predicted molar refractivity (Wildman–Crippen MR) is 103 cm³/mol.